The van der Waals surface area contributed by atoms with Crippen LogP contribution < -0.4 is 11.1 Å². The molecule has 0 spiro atoms. The maximum absolute atomic E-state index is 13.6. The van der Waals surface area contributed by atoms with Gasteiger partial charge in [-0.15, -0.1) is 0 Å². The van der Waals surface area contributed by atoms with E-state index in [9.17, 15) is 27.2 Å². The van der Waals surface area contributed by atoms with Gasteiger partial charge in [0.2, 0.25) is 11.8 Å². The summed E-state index contributed by atoms with van der Waals surface area (Å²) in [4.78, 5) is 24.7. The predicted molar refractivity (Wildman–Crippen MR) is 78.4 cm³/mol. The summed E-state index contributed by atoms with van der Waals surface area (Å²) in [5, 5.41) is 2.38. The van der Waals surface area contributed by atoms with Crippen LogP contribution in [-0.2, 0) is 15.8 Å². The monoisotopic (exact) mass is 347 g/mol. The second kappa shape index (κ2) is 7.06. The zero-order valence-electron chi connectivity index (χ0n) is 12.7. The predicted octanol–water partition coefficient (Wildman–Crippen LogP) is 1.98. The molecule has 0 bridgehead atoms. The summed E-state index contributed by atoms with van der Waals surface area (Å²) in [6, 6.07) is 1.94. The number of nitrogens with two attached hydrogens (primary N) is 1. The van der Waals surface area contributed by atoms with Crippen molar-refractivity contribution in [2.75, 3.05) is 25.0 Å². The van der Waals surface area contributed by atoms with E-state index in [0.717, 1.165) is 0 Å². The molecule has 3 N–H and O–H groups in total. The molecule has 1 aliphatic heterocycles. The number of rotatable bonds is 4. The molecule has 1 aromatic rings. The van der Waals surface area contributed by atoms with Crippen LogP contribution in [0.15, 0.2) is 18.2 Å². The molecule has 9 heteroatoms. The van der Waals surface area contributed by atoms with Gasteiger partial charge >= 0.3 is 6.18 Å². The molecule has 0 unspecified atom stereocenters. The van der Waals surface area contributed by atoms with Gasteiger partial charge in [-0.2, -0.15) is 13.2 Å². The molecule has 1 heterocycles. The number of hydrogen-bond acceptors (Lipinski definition) is 3. The highest BCUT2D eigenvalue weighted by Crippen LogP contribution is 2.31. The van der Waals surface area contributed by atoms with Crippen molar-refractivity contribution in [3.8, 4) is 0 Å². The first-order chi connectivity index (χ1) is 11.2. The van der Waals surface area contributed by atoms with Crippen molar-refractivity contribution < 1.29 is 27.2 Å². The van der Waals surface area contributed by atoms with E-state index in [0.29, 0.717) is 37.6 Å². The molecule has 1 fully saturated rings. The Balaban J connectivity index is 2.00. The van der Waals surface area contributed by atoms with E-state index in [4.69, 9.17) is 5.73 Å². The van der Waals surface area contributed by atoms with Crippen molar-refractivity contribution in [3.63, 3.8) is 0 Å². The average Bonchev–Trinajstić information content (AvgIpc) is 2.52. The Bertz CT molecular complexity index is 634. The van der Waals surface area contributed by atoms with E-state index >= 15 is 0 Å². The zero-order valence-corrected chi connectivity index (χ0v) is 12.7. The number of carbonyl (C=O) groups is 2. The van der Waals surface area contributed by atoms with Gasteiger partial charge in [-0.25, -0.2) is 4.39 Å². The molecule has 0 aliphatic carbocycles. The summed E-state index contributed by atoms with van der Waals surface area (Å²) in [7, 11) is 0. The second-order valence-corrected chi connectivity index (χ2v) is 5.63. The number of carbonyl (C=O) groups excluding carboxylic acids is 2. The molecule has 1 saturated heterocycles. The van der Waals surface area contributed by atoms with Gasteiger partial charge < -0.3 is 16.0 Å². The van der Waals surface area contributed by atoms with Crippen molar-refractivity contribution >= 4 is 17.5 Å². The highest BCUT2D eigenvalue weighted by atomic mass is 19.4. The van der Waals surface area contributed by atoms with Gasteiger partial charge in [-0.1, -0.05) is 0 Å². The van der Waals surface area contributed by atoms with Gasteiger partial charge in [0.25, 0.3) is 0 Å². The summed E-state index contributed by atoms with van der Waals surface area (Å²) in [6.07, 6.45) is -3.40. The fraction of sp³-hybridized carbons (Fsp3) is 0.467. The number of primary amides is 1. The minimum atomic E-state index is -4.60. The molecule has 1 atom stereocenters. The summed E-state index contributed by atoms with van der Waals surface area (Å²) < 4.78 is 51.5. The smallest absolute Gasteiger partial charge is 0.374 e. The van der Waals surface area contributed by atoms with Crippen molar-refractivity contribution in [2.24, 2.45) is 11.7 Å². The number of amides is 2. The van der Waals surface area contributed by atoms with Crippen LogP contribution in [0.4, 0.5) is 23.2 Å². The van der Waals surface area contributed by atoms with Gasteiger partial charge in [0.15, 0.2) is 0 Å². The van der Waals surface area contributed by atoms with Crippen molar-refractivity contribution in [3.05, 3.63) is 29.6 Å². The summed E-state index contributed by atoms with van der Waals surface area (Å²) in [5.74, 6) is -2.25. The zero-order chi connectivity index (χ0) is 17.9. The van der Waals surface area contributed by atoms with Crippen molar-refractivity contribution in [1.82, 2.24) is 4.90 Å². The SMILES string of the molecule is NC(=O)[C@@H]1CCCN(C(=O)CNc2cc(C(F)(F)F)ccc2F)C1. The third kappa shape index (κ3) is 4.36. The molecule has 2 amide bonds. The Labute approximate surface area is 135 Å². The van der Waals surface area contributed by atoms with E-state index < -0.39 is 41.0 Å². The van der Waals surface area contributed by atoms with Crippen LogP contribution in [0.5, 0.6) is 0 Å². The van der Waals surface area contributed by atoms with Gasteiger partial charge in [-0.05, 0) is 31.0 Å². The van der Waals surface area contributed by atoms with Crippen molar-refractivity contribution in [2.45, 2.75) is 19.0 Å². The van der Waals surface area contributed by atoms with E-state index in [1.165, 1.54) is 4.90 Å². The van der Waals surface area contributed by atoms with Crippen LogP contribution in [0.1, 0.15) is 18.4 Å². The summed E-state index contributed by atoms with van der Waals surface area (Å²) in [6.45, 7) is 0.222. The first kappa shape index (κ1) is 18.0. The van der Waals surface area contributed by atoms with Crippen LogP contribution in [0.2, 0.25) is 0 Å². The quantitative estimate of drug-likeness (QED) is 0.818. The maximum Gasteiger partial charge on any atom is 0.416 e. The highest BCUT2D eigenvalue weighted by molar-refractivity contribution is 5.83. The number of anilines is 1. The lowest BCUT2D eigenvalue weighted by Crippen LogP contribution is -2.46. The molecule has 24 heavy (non-hydrogen) atoms. The molecule has 1 aliphatic rings. The minimum Gasteiger partial charge on any atom is -0.374 e. The standard InChI is InChI=1S/C15H17F4N3O2/c16-11-4-3-10(15(17,18)19)6-12(11)21-7-13(23)22-5-1-2-9(8-22)14(20)24/h3-4,6,9,21H,1-2,5,7-8H2,(H2,20,24)/t9-/m1/s1. The first-order valence-corrected chi connectivity index (χ1v) is 7.36. The Kier molecular flexibility index (Phi) is 5.30. The number of nitrogens with zero attached hydrogens (tertiary/aromatic N) is 1. The van der Waals surface area contributed by atoms with E-state index in [2.05, 4.69) is 5.32 Å². The second-order valence-electron chi connectivity index (χ2n) is 5.63. The number of benzene rings is 1. The lowest BCUT2D eigenvalue weighted by atomic mass is 9.97. The number of alkyl halides is 3. The van der Waals surface area contributed by atoms with Crippen LogP contribution in [0, 0.1) is 11.7 Å². The fourth-order valence-corrected chi connectivity index (χ4v) is 2.56. The van der Waals surface area contributed by atoms with E-state index in [1.807, 2.05) is 0 Å². The van der Waals surface area contributed by atoms with Crippen LogP contribution in [0.3, 0.4) is 0 Å². The fourth-order valence-electron chi connectivity index (χ4n) is 2.56. The van der Waals surface area contributed by atoms with Gasteiger partial charge in [0, 0.05) is 13.1 Å². The highest BCUT2D eigenvalue weighted by Gasteiger charge is 2.31. The Morgan fingerprint density at radius 3 is 2.67 bits per heavy atom. The van der Waals surface area contributed by atoms with Gasteiger partial charge in [0.1, 0.15) is 5.82 Å². The van der Waals surface area contributed by atoms with E-state index in [1.54, 1.807) is 0 Å². The van der Waals surface area contributed by atoms with Gasteiger partial charge in [0.05, 0.1) is 23.7 Å². The number of halogens is 4. The molecular weight excluding hydrogens is 330 g/mol. The van der Waals surface area contributed by atoms with Crippen molar-refractivity contribution in [1.29, 1.82) is 0 Å². The third-order valence-corrected chi connectivity index (χ3v) is 3.90. The van der Waals surface area contributed by atoms with Crippen LogP contribution in [-0.4, -0.2) is 36.3 Å². The Hall–Kier alpha value is -2.32. The van der Waals surface area contributed by atoms with Crippen LogP contribution in [0.25, 0.3) is 0 Å². The molecule has 0 radical (unpaired) electrons. The lowest BCUT2D eigenvalue weighted by Gasteiger charge is -2.31. The number of piperidine rings is 1. The molecular formula is C15H17F4N3O2. The third-order valence-electron chi connectivity index (χ3n) is 3.90. The summed E-state index contributed by atoms with van der Waals surface area (Å²) in [5.41, 5.74) is 3.81. The lowest BCUT2D eigenvalue weighted by molar-refractivity contribution is -0.137. The first-order valence-electron chi connectivity index (χ1n) is 7.36. The molecule has 1 aromatic carbocycles. The minimum absolute atomic E-state index is 0.168. The van der Waals surface area contributed by atoms with E-state index in [-0.39, 0.29) is 13.1 Å². The number of hydrogen-bond donors (Lipinski definition) is 2. The number of likely N-dealkylation sites (tertiary alicyclic amines) is 1. The molecule has 0 aromatic heterocycles. The largest absolute Gasteiger partial charge is 0.416 e. The normalized spacial score (nSPS) is 18.3. The van der Waals surface area contributed by atoms with Crippen LogP contribution >= 0.6 is 0 Å². The molecule has 5 nitrogen and oxygen atoms in total. The molecule has 0 saturated carbocycles. The summed E-state index contributed by atoms with van der Waals surface area (Å²) >= 11 is 0. The Morgan fingerprint density at radius 2 is 2.04 bits per heavy atom. The molecule has 2 rings (SSSR count). The number of nitrogens with one attached hydrogen (secondary N) is 1. The average molecular weight is 347 g/mol. The topological polar surface area (TPSA) is 75.4 Å². The molecule has 132 valence electrons. The maximum atomic E-state index is 13.6. The van der Waals surface area contributed by atoms with Gasteiger partial charge in [-0.3, -0.25) is 9.59 Å². The Morgan fingerprint density at radius 1 is 1.33 bits per heavy atom.